The second kappa shape index (κ2) is 10.9. The fourth-order valence-electron chi connectivity index (χ4n) is 3.97. The highest BCUT2D eigenvalue weighted by Gasteiger charge is 2.41. The number of hydrogen-bond donors (Lipinski definition) is 1. The molecule has 2 heterocycles. The van der Waals surface area contributed by atoms with Crippen molar-refractivity contribution in [2.24, 2.45) is 10.9 Å². The molecule has 1 aliphatic heterocycles. The predicted molar refractivity (Wildman–Crippen MR) is 136 cm³/mol. The number of carbonyl (C=O) groups excluding carboxylic acids is 2. The van der Waals surface area contributed by atoms with Gasteiger partial charge in [-0.25, -0.2) is 4.99 Å². The number of aliphatic imine (C=N–C) groups is 1. The summed E-state index contributed by atoms with van der Waals surface area (Å²) < 4.78 is 11.0. The van der Waals surface area contributed by atoms with Crippen LogP contribution < -0.4 is 10.1 Å². The molecule has 1 aliphatic rings. The van der Waals surface area contributed by atoms with E-state index in [1.165, 1.54) is 25.1 Å². The number of thioether (sulfide) groups is 1. The summed E-state index contributed by atoms with van der Waals surface area (Å²) in [6, 6.07) is 21.7. The van der Waals surface area contributed by atoms with Gasteiger partial charge in [0.05, 0.1) is 48.3 Å². The van der Waals surface area contributed by atoms with Gasteiger partial charge in [-0.05, 0) is 31.2 Å². The van der Waals surface area contributed by atoms with Gasteiger partial charge in [-0.3, -0.25) is 9.59 Å². The van der Waals surface area contributed by atoms with E-state index in [4.69, 9.17) is 9.15 Å². The van der Waals surface area contributed by atoms with Crippen LogP contribution in [-0.2, 0) is 4.79 Å². The maximum atomic E-state index is 13.5. The first-order valence-corrected chi connectivity index (χ1v) is 11.9. The first kappa shape index (κ1) is 24.0. The molecule has 0 radical (unpaired) electrons. The summed E-state index contributed by atoms with van der Waals surface area (Å²) in [7, 11) is 1.53. The number of ether oxygens (including phenoxy) is 1. The van der Waals surface area contributed by atoms with E-state index in [0.717, 1.165) is 0 Å². The highest BCUT2D eigenvalue weighted by molar-refractivity contribution is 8.03. The number of Topliss-reactive ketones (excluding diaryl/α,β-unsaturated/α-hetero) is 1. The largest absolute Gasteiger partial charge is 0.495 e. The van der Waals surface area contributed by atoms with E-state index in [-0.39, 0.29) is 23.0 Å². The molecule has 1 unspecified atom stereocenters. The van der Waals surface area contributed by atoms with Crippen molar-refractivity contribution in [3.05, 3.63) is 94.9 Å². The lowest BCUT2D eigenvalue weighted by molar-refractivity contribution is -0.118. The number of ketones is 1. The minimum atomic E-state index is -0.783. The molecule has 0 saturated heterocycles. The number of allylic oxidation sites excluding steroid dienone is 1. The summed E-state index contributed by atoms with van der Waals surface area (Å²) in [6.07, 6.45) is 1.51. The topological polar surface area (TPSA) is 105 Å². The number of rotatable bonds is 8. The Morgan fingerprint density at radius 2 is 1.86 bits per heavy atom. The molecular weight excluding hydrogens is 462 g/mol. The van der Waals surface area contributed by atoms with Gasteiger partial charge in [0.1, 0.15) is 16.5 Å². The second-order valence-electron chi connectivity index (χ2n) is 7.82. The Hall–Kier alpha value is -4.09. The molecule has 0 spiro atoms. The minimum absolute atomic E-state index is 0.0705. The molecule has 0 bridgehead atoms. The Labute approximate surface area is 207 Å². The molecule has 2 atom stereocenters. The van der Waals surface area contributed by atoms with Crippen LogP contribution in [-0.4, -0.2) is 30.3 Å². The number of furan rings is 1. The zero-order valence-corrected chi connectivity index (χ0v) is 20.0. The number of nitrogens with one attached hydrogen (secondary N) is 1. The van der Waals surface area contributed by atoms with Gasteiger partial charge in [0, 0.05) is 11.3 Å². The van der Waals surface area contributed by atoms with Crippen LogP contribution in [0.25, 0.3) is 0 Å². The molecule has 0 fully saturated rings. The molecule has 1 amide bonds. The van der Waals surface area contributed by atoms with Crippen molar-refractivity contribution in [1.29, 1.82) is 5.26 Å². The van der Waals surface area contributed by atoms with E-state index < -0.39 is 11.8 Å². The van der Waals surface area contributed by atoms with Crippen molar-refractivity contribution in [3.63, 3.8) is 0 Å². The van der Waals surface area contributed by atoms with Crippen molar-refractivity contribution in [2.75, 3.05) is 18.2 Å². The van der Waals surface area contributed by atoms with Gasteiger partial charge in [0.25, 0.3) is 0 Å². The number of anilines is 1. The quantitative estimate of drug-likeness (QED) is 0.425. The van der Waals surface area contributed by atoms with Crippen molar-refractivity contribution in [3.8, 4) is 11.8 Å². The van der Waals surface area contributed by atoms with Gasteiger partial charge in [-0.2, -0.15) is 5.26 Å². The smallest absolute Gasteiger partial charge is 0.234 e. The maximum absolute atomic E-state index is 13.5. The lowest BCUT2D eigenvalue weighted by atomic mass is 9.79. The minimum Gasteiger partial charge on any atom is -0.495 e. The van der Waals surface area contributed by atoms with Crippen molar-refractivity contribution < 1.29 is 18.7 Å². The molecule has 35 heavy (non-hydrogen) atoms. The maximum Gasteiger partial charge on any atom is 0.234 e. The molecule has 176 valence electrons. The van der Waals surface area contributed by atoms with E-state index in [1.54, 1.807) is 61.5 Å². The Kier molecular flexibility index (Phi) is 7.48. The molecule has 8 heteroatoms. The standard InChI is InChI=1S/C27H23N3O4S/c1-17-24(26(32)30-20-11-6-7-12-22(20)33-2)25(23-13-8-14-34-23)19(15-28)27(29-17)35-16-21(31)18-9-4-3-5-10-18/h3-14,24-25H,16H2,1-2H3,(H,30,32)/t24?,25-/m0/s1. The zero-order valence-electron chi connectivity index (χ0n) is 19.2. The van der Waals surface area contributed by atoms with E-state index in [1.807, 2.05) is 12.1 Å². The van der Waals surface area contributed by atoms with Gasteiger partial charge in [-0.15, -0.1) is 0 Å². The van der Waals surface area contributed by atoms with Crippen molar-refractivity contribution in [1.82, 2.24) is 0 Å². The summed E-state index contributed by atoms with van der Waals surface area (Å²) in [5.74, 6) is -0.764. The van der Waals surface area contributed by atoms with Gasteiger partial charge < -0.3 is 14.5 Å². The molecule has 3 aromatic rings. The summed E-state index contributed by atoms with van der Waals surface area (Å²) in [5, 5.41) is 13.4. The fraction of sp³-hybridized carbons (Fsp3) is 0.185. The number of nitriles is 1. The summed E-state index contributed by atoms with van der Waals surface area (Å²) in [4.78, 5) is 30.7. The summed E-state index contributed by atoms with van der Waals surface area (Å²) >= 11 is 1.19. The molecule has 0 aliphatic carbocycles. The van der Waals surface area contributed by atoms with E-state index in [9.17, 15) is 14.9 Å². The number of hydrogen-bond acceptors (Lipinski definition) is 7. The number of para-hydroxylation sites is 2. The predicted octanol–water partition coefficient (Wildman–Crippen LogP) is 5.45. The van der Waals surface area contributed by atoms with E-state index in [2.05, 4.69) is 16.4 Å². The van der Waals surface area contributed by atoms with Crippen LogP contribution in [0.2, 0.25) is 0 Å². The molecule has 1 N–H and O–H groups in total. The van der Waals surface area contributed by atoms with Gasteiger partial charge in [-0.1, -0.05) is 54.2 Å². The first-order chi connectivity index (χ1) is 17.0. The SMILES string of the molecule is COc1ccccc1NC(=O)C1C(C)=NC(SCC(=O)c2ccccc2)=C(C#N)[C@H]1c1ccco1. The van der Waals surface area contributed by atoms with Gasteiger partial charge in [0.2, 0.25) is 5.91 Å². The number of nitrogens with zero attached hydrogens (tertiary/aromatic N) is 2. The molecule has 4 rings (SSSR count). The second-order valence-corrected chi connectivity index (χ2v) is 8.79. The Morgan fingerprint density at radius 1 is 1.11 bits per heavy atom. The van der Waals surface area contributed by atoms with Crippen LogP contribution in [0.1, 0.15) is 29.0 Å². The molecule has 0 saturated carbocycles. The fourth-order valence-corrected chi connectivity index (χ4v) is 4.94. The van der Waals surface area contributed by atoms with Crippen LogP contribution in [0.3, 0.4) is 0 Å². The zero-order chi connectivity index (χ0) is 24.8. The molecule has 1 aromatic heterocycles. The average Bonchev–Trinajstić information content (AvgIpc) is 3.42. The van der Waals surface area contributed by atoms with Crippen LogP contribution >= 0.6 is 11.8 Å². The third kappa shape index (κ3) is 5.20. The molecule has 2 aromatic carbocycles. The third-order valence-corrected chi connectivity index (χ3v) is 6.65. The Bertz CT molecular complexity index is 1320. The Morgan fingerprint density at radius 3 is 2.54 bits per heavy atom. The van der Waals surface area contributed by atoms with E-state index in [0.29, 0.717) is 33.5 Å². The first-order valence-electron chi connectivity index (χ1n) is 10.9. The van der Waals surface area contributed by atoms with Gasteiger partial charge in [0.15, 0.2) is 5.78 Å². The van der Waals surface area contributed by atoms with Gasteiger partial charge >= 0.3 is 0 Å². The number of amides is 1. The lowest BCUT2D eigenvalue weighted by Gasteiger charge is -2.29. The summed E-state index contributed by atoms with van der Waals surface area (Å²) in [6.45, 7) is 1.75. The monoisotopic (exact) mass is 485 g/mol. The highest BCUT2D eigenvalue weighted by atomic mass is 32.2. The van der Waals surface area contributed by atoms with Crippen LogP contribution in [0.4, 0.5) is 5.69 Å². The average molecular weight is 486 g/mol. The number of benzene rings is 2. The van der Waals surface area contributed by atoms with Crippen LogP contribution in [0.5, 0.6) is 5.75 Å². The van der Waals surface area contributed by atoms with Crippen molar-refractivity contribution >= 4 is 34.9 Å². The lowest BCUT2D eigenvalue weighted by Crippen LogP contribution is -2.36. The number of carbonyl (C=O) groups is 2. The Balaban J connectivity index is 1.65. The molecular formula is C27H23N3O4S. The van der Waals surface area contributed by atoms with Crippen molar-refractivity contribution in [2.45, 2.75) is 12.8 Å². The summed E-state index contributed by atoms with van der Waals surface area (Å²) in [5.41, 5.74) is 1.92. The van der Waals surface area contributed by atoms with E-state index >= 15 is 0 Å². The number of methoxy groups -OCH3 is 1. The third-order valence-electron chi connectivity index (χ3n) is 5.66. The van der Waals surface area contributed by atoms with Crippen LogP contribution in [0, 0.1) is 17.2 Å². The normalized spacial score (nSPS) is 17.3. The highest BCUT2D eigenvalue weighted by Crippen LogP contribution is 2.42. The molecule has 7 nitrogen and oxygen atoms in total. The van der Waals surface area contributed by atoms with Crippen LogP contribution in [0.15, 0.2) is 93.0 Å².